The fraction of sp³-hybridized carbons (Fsp3) is 0.333. The van der Waals surface area contributed by atoms with E-state index in [1.54, 1.807) is 29.2 Å². The number of ether oxygens (including phenoxy) is 1. The molecule has 0 aromatic heterocycles. The average molecular weight is 464 g/mol. The van der Waals surface area contributed by atoms with Crippen molar-refractivity contribution < 1.29 is 22.7 Å². The summed E-state index contributed by atoms with van der Waals surface area (Å²) in [5.41, 5.74) is 1.06. The molecule has 4 rings (SSSR count). The van der Waals surface area contributed by atoms with Crippen LogP contribution < -0.4 is 10.2 Å². The van der Waals surface area contributed by atoms with Crippen LogP contribution in [0.15, 0.2) is 53.4 Å². The van der Waals surface area contributed by atoms with Gasteiger partial charge in [0, 0.05) is 42.3 Å². The number of amides is 2. The van der Waals surface area contributed by atoms with Gasteiger partial charge in [0.05, 0.1) is 24.2 Å². The summed E-state index contributed by atoms with van der Waals surface area (Å²) < 4.78 is 32.0. The van der Waals surface area contributed by atoms with E-state index >= 15 is 0 Å². The summed E-state index contributed by atoms with van der Waals surface area (Å²) in [5, 5.41) is 3.44. The summed E-state index contributed by atoms with van der Waals surface area (Å²) >= 11 is 5.90. The largest absolute Gasteiger partial charge is 0.379 e. The Balaban J connectivity index is 1.40. The predicted molar refractivity (Wildman–Crippen MR) is 116 cm³/mol. The highest BCUT2D eigenvalue weighted by molar-refractivity contribution is 7.89. The molecule has 2 aromatic rings. The fourth-order valence-electron chi connectivity index (χ4n) is 3.66. The van der Waals surface area contributed by atoms with Gasteiger partial charge in [-0.3, -0.25) is 9.59 Å². The molecule has 2 aliphatic heterocycles. The number of hydrogen-bond donors (Lipinski definition) is 1. The molecule has 0 unspecified atom stereocenters. The maximum absolute atomic E-state index is 12.7. The minimum atomic E-state index is -3.61. The molecule has 31 heavy (non-hydrogen) atoms. The molecule has 0 radical (unpaired) electrons. The molecule has 0 aliphatic carbocycles. The van der Waals surface area contributed by atoms with E-state index in [2.05, 4.69) is 5.32 Å². The van der Waals surface area contributed by atoms with Gasteiger partial charge in [0.15, 0.2) is 0 Å². The van der Waals surface area contributed by atoms with E-state index in [-0.39, 0.29) is 29.2 Å². The van der Waals surface area contributed by atoms with Gasteiger partial charge in [-0.25, -0.2) is 8.42 Å². The molecule has 2 fully saturated rings. The molecular weight excluding hydrogens is 442 g/mol. The van der Waals surface area contributed by atoms with Crippen molar-refractivity contribution in [1.29, 1.82) is 0 Å². The van der Waals surface area contributed by atoms with Gasteiger partial charge < -0.3 is 15.0 Å². The number of sulfonamides is 1. The first kappa shape index (κ1) is 21.8. The Morgan fingerprint density at radius 2 is 1.68 bits per heavy atom. The van der Waals surface area contributed by atoms with Crippen molar-refractivity contribution in [3.05, 3.63) is 59.1 Å². The van der Waals surface area contributed by atoms with E-state index in [0.29, 0.717) is 43.4 Å². The molecule has 2 saturated heterocycles. The first-order valence-corrected chi connectivity index (χ1v) is 11.7. The molecule has 2 aliphatic rings. The maximum atomic E-state index is 12.7. The summed E-state index contributed by atoms with van der Waals surface area (Å²) in [4.78, 5) is 26.7. The van der Waals surface area contributed by atoms with E-state index in [4.69, 9.17) is 16.3 Å². The van der Waals surface area contributed by atoms with Crippen LogP contribution in [0.25, 0.3) is 0 Å². The first-order chi connectivity index (χ1) is 14.8. The molecule has 2 heterocycles. The summed E-state index contributed by atoms with van der Waals surface area (Å²) in [6.07, 6.45) is 0.192. The van der Waals surface area contributed by atoms with Gasteiger partial charge in [-0.1, -0.05) is 11.6 Å². The molecule has 10 heteroatoms. The Hall–Kier alpha value is -2.46. The number of halogens is 1. The summed E-state index contributed by atoms with van der Waals surface area (Å²) in [7, 11) is -3.61. The average Bonchev–Trinajstić information content (AvgIpc) is 3.14. The normalized spacial score (nSPS) is 20.1. The van der Waals surface area contributed by atoms with Gasteiger partial charge in [-0.05, 0) is 48.5 Å². The molecule has 1 N–H and O–H groups in total. The van der Waals surface area contributed by atoms with Crippen LogP contribution in [0, 0.1) is 0 Å². The maximum Gasteiger partial charge on any atom is 0.251 e. The molecule has 1 atom stereocenters. The summed E-state index contributed by atoms with van der Waals surface area (Å²) in [5.74, 6) is -0.439. The van der Waals surface area contributed by atoms with Crippen molar-refractivity contribution in [3.8, 4) is 0 Å². The van der Waals surface area contributed by atoms with E-state index < -0.39 is 10.0 Å². The highest BCUT2D eigenvalue weighted by atomic mass is 35.5. The zero-order valence-corrected chi connectivity index (χ0v) is 18.2. The fourth-order valence-corrected chi connectivity index (χ4v) is 5.19. The van der Waals surface area contributed by atoms with Crippen molar-refractivity contribution in [3.63, 3.8) is 0 Å². The lowest BCUT2D eigenvalue weighted by Crippen LogP contribution is -2.40. The van der Waals surface area contributed by atoms with Crippen LogP contribution >= 0.6 is 11.6 Å². The summed E-state index contributed by atoms with van der Waals surface area (Å²) in [6, 6.07) is 12.4. The van der Waals surface area contributed by atoms with Crippen molar-refractivity contribution in [2.75, 3.05) is 37.7 Å². The number of carbonyl (C=O) groups excluding carboxylic acids is 2. The molecule has 164 valence electrons. The lowest BCUT2D eigenvalue weighted by atomic mass is 10.2. The highest BCUT2D eigenvalue weighted by Crippen LogP contribution is 2.24. The molecule has 0 spiro atoms. The third-order valence-electron chi connectivity index (χ3n) is 5.32. The van der Waals surface area contributed by atoms with Crippen LogP contribution in [0.3, 0.4) is 0 Å². The van der Waals surface area contributed by atoms with E-state index in [1.807, 2.05) is 0 Å². The second kappa shape index (κ2) is 8.96. The van der Waals surface area contributed by atoms with Crippen molar-refractivity contribution in [1.82, 2.24) is 9.62 Å². The van der Waals surface area contributed by atoms with Crippen LogP contribution in [0.4, 0.5) is 5.69 Å². The quantitative estimate of drug-likeness (QED) is 0.730. The van der Waals surface area contributed by atoms with Gasteiger partial charge in [0.2, 0.25) is 15.9 Å². The number of nitrogens with one attached hydrogen (secondary N) is 1. The zero-order chi connectivity index (χ0) is 22.0. The number of anilines is 1. The van der Waals surface area contributed by atoms with Crippen LogP contribution in [0.1, 0.15) is 16.8 Å². The lowest BCUT2D eigenvalue weighted by molar-refractivity contribution is -0.117. The third kappa shape index (κ3) is 4.74. The van der Waals surface area contributed by atoms with Crippen LogP contribution in [-0.4, -0.2) is 63.4 Å². The lowest BCUT2D eigenvalue weighted by Gasteiger charge is -2.26. The van der Waals surface area contributed by atoms with Gasteiger partial charge in [0.1, 0.15) is 0 Å². The molecule has 8 nitrogen and oxygen atoms in total. The van der Waals surface area contributed by atoms with Crippen LogP contribution in [-0.2, 0) is 19.6 Å². The van der Waals surface area contributed by atoms with E-state index in [0.717, 1.165) is 5.69 Å². The topological polar surface area (TPSA) is 96.0 Å². The van der Waals surface area contributed by atoms with E-state index in [1.165, 1.54) is 28.6 Å². The minimum Gasteiger partial charge on any atom is -0.379 e. The number of benzene rings is 2. The number of nitrogens with zero attached hydrogens (tertiary/aromatic N) is 2. The minimum absolute atomic E-state index is 0.0837. The van der Waals surface area contributed by atoms with Gasteiger partial charge in [-0.2, -0.15) is 4.31 Å². The number of hydrogen-bond acceptors (Lipinski definition) is 5. The number of morpholine rings is 1. The van der Waals surface area contributed by atoms with Gasteiger partial charge >= 0.3 is 0 Å². The third-order valence-corrected chi connectivity index (χ3v) is 7.49. The van der Waals surface area contributed by atoms with Crippen molar-refractivity contribution in [2.45, 2.75) is 17.4 Å². The monoisotopic (exact) mass is 463 g/mol. The Morgan fingerprint density at radius 3 is 2.32 bits per heavy atom. The SMILES string of the molecule is O=C(N[C@@H]1CC(=O)N(c2ccc(Cl)cc2)C1)c1ccc(S(=O)(=O)N2CCOCC2)cc1. The molecule has 0 bridgehead atoms. The van der Waals surface area contributed by atoms with E-state index in [9.17, 15) is 18.0 Å². The number of rotatable bonds is 5. The Labute approximate surface area is 185 Å². The van der Waals surface area contributed by atoms with Crippen LogP contribution in [0.2, 0.25) is 5.02 Å². The Bertz CT molecular complexity index is 1070. The standard InChI is InChI=1S/C21H22ClN3O5S/c22-16-3-5-18(6-4-16)25-14-17(13-20(25)26)23-21(27)15-1-7-19(8-2-15)31(28,29)24-9-11-30-12-10-24/h1-8,17H,9-14H2,(H,23,27)/t17-/m1/s1. The summed E-state index contributed by atoms with van der Waals surface area (Å²) in [6.45, 7) is 1.71. The van der Waals surface area contributed by atoms with Crippen molar-refractivity contribution >= 4 is 39.1 Å². The van der Waals surface area contributed by atoms with Crippen LogP contribution in [0.5, 0.6) is 0 Å². The molecule has 0 saturated carbocycles. The molecular formula is C21H22ClN3O5S. The smallest absolute Gasteiger partial charge is 0.251 e. The number of carbonyl (C=O) groups is 2. The predicted octanol–water partition coefficient (Wildman–Crippen LogP) is 1.90. The highest BCUT2D eigenvalue weighted by Gasteiger charge is 2.32. The first-order valence-electron chi connectivity index (χ1n) is 9.89. The Kier molecular flexibility index (Phi) is 6.29. The van der Waals surface area contributed by atoms with Crippen molar-refractivity contribution in [2.24, 2.45) is 0 Å². The van der Waals surface area contributed by atoms with Gasteiger partial charge in [0.25, 0.3) is 5.91 Å². The molecule has 2 amide bonds. The molecule has 2 aromatic carbocycles. The second-order valence-corrected chi connectivity index (χ2v) is 9.77. The zero-order valence-electron chi connectivity index (χ0n) is 16.7. The van der Waals surface area contributed by atoms with Gasteiger partial charge in [-0.15, -0.1) is 0 Å². The Morgan fingerprint density at radius 1 is 1.03 bits per heavy atom. The second-order valence-electron chi connectivity index (χ2n) is 7.40.